The van der Waals surface area contributed by atoms with E-state index in [9.17, 15) is 14.7 Å². The van der Waals surface area contributed by atoms with Gasteiger partial charge in [-0.1, -0.05) is 41.9 Å². The number of aliphatic hydroxyl groups is 1. The Morgan fingerprint density at radius 1 is 0.950 bits per heavy atom. The fraction of sp³-hybridized carbons (Fsp3) is 0.219. The van der Waals surface area contributed by atoms with Crippen LogP contribution in [0.25, 0.3) is 22.0 Å². The third-order valence-electron chi connectivity index (χ3n) is 7.93. The van der Waals surface area contributed by atoms with Gasteiger partial charge in [-0.25, -0.2) is 4.98 Å². The minimum Gasteiger partial charge on any atom is -0.374 e. The molecule has 0 bridgehead atoms. The molecule has 40 heavy (non-hydrogen) atoms. The largest absolute Gasteiger partial charge is 0.374 e. The van der Waals surface area contributed by atoms with Gasteiger partial charge in [0.1, 0.15) is 0 Å². The molecule has 0 aliphatic carbocycles. The Kier molecular flexibility index (Phi) is 6.56. The number of aromatic nitrogens is 3. The number of benzene rings is 3. The smallest absolute Gasteiger partial charge is 0.253 e. The first kappa shape index (κ1) is 26.0. The number of carbonyl (C=O) groups excluding carboxylic acids is 1. The van der Waals surface area contributed by atoms with Crippen LogP contribution in [0.2, 0.25) is 5.02 Å². The number of pyridine rings is 1. The van der Waals surface area contributed by atoms with Crippen LogP contribution in [0, 0.1) is 0 Å². The molecule has 1 fully saturated rings. The van der Waals surface area contributed by atoms with E-state index in [0.717, 1.165) is 48.0 Å². The predicted octanol–water partition coefficient (Wildman–Crippen LogP) is 5.11. The molecule has 3 aromatic carbocycles. The molecule has 0 radical (unpaired) electrons. The summed E-state index contributed by atoms with van der Waals surface area (Å²) < 4.78 is 3.38. The summed E-state index contributed by atoms with van der Waals surface area (Å²) in [5.74, 6) is 0.00547. The lowest BCUT2D eigenvalue weighted by Gasteiger charge is -2.30. The third-order valence-corrected chi connectivity index (χ3v) is 8.17. The summed E-state index contributed by atoms with van der Waals surface area (Å²) in [5.41, 5.74) is 2.89. The second-order valence-electron chi connectivity index (χ2n) is 10.4. The van der Waals surface area contributed by atoms with Gasteiger partial charge in [-0.2, -0.15) is 0 Å². The number of hydrogen-bond donors (Lipinski definition) is 1. The molecule has 0 spiro atoms. The fourth-order valence-corrected chi connectivity index (χ4v) is 5.90. The summed E-state index contributed by atoms with van der Waals surface area (Å²) in [5, 5.41) is 13.9. The minimum absolute atomic E-state index is 0.00547. The van der Waals surface area contributed by atoms with Crippen molar-refractivity contribution in [3.05, 3.63) is 123 Å². The molecule has 1 atom stereocenters. The highest BCUT2D eigenvalue weighted by molar-refractivity contribution is 6.30. The number of aryl methyl sites for hydroxylation is 2. The average molecular weight is 553 g/mol. The van der Waals surface area contributed by atoms with Crippen molar-refractivity contribution in [1.82, 2.24) is 19.0 Å². The molecule has 7 nitrogen and oxygen atoms in total. The van der Waals surface area contributed by atoms with Gasteiger partial charge < -0.3 is 19.1 Å². The van der Waals surface area contributed by atoms with Crippen LogP contribution in [-0.2, 0) is 19.7 Å². The number of halogens is 1. The highest BCUT2D eigenvalue weighted by atomic mass is 35.5. The summed E-state index contributed by atoms with van der Waals surface area (Å²) in [6.07, 6.45) is 5.34. The molecule has 3 heterocycles. The van der Waals surface area contributed by atoms with Crippen molar-refractivity contribution in [1.29, 1.82) is 0 Å². The molecule has 2 aromatic heterocycles. The first-order valence-corrected chi connectivity index (χ1v) is 13.6. The van der Waals surface area contributed by atoms with Crippen LogP contribution in [0.1, 0.15) is 40.0 Å². The summed E-state index contributed by atoms with van der Waals surface area (Å²) in [6, 6.07) is 21.7. The number of carbonyl (C=O) groups is 1. The van der Waals surface area contributed by atoms with E-state index in [-0.39, 0.29) is 11.5 Å². The Hall–Kier alpha value is -4.20. The molecule has 1 aliphatic heterocycles. The van der Waals surface area contributed by atoms with E-state index in [1.165, 1.54) is 0 Å². The number of fused-ring (bicyclic) bond motifs is 1. The van der Waals surface area contributed by atoms with Gasteiger partial charge in [0.05, 0.1) is 23.7 Å². The van der Waals surface area contributed by atoms with Crippen molar-refractivity contribution in [3.63, 3.8) is 0 Å². The Labute approximate surface area is 236 Å². The van der Waals surface area contributed by atoms with Crippen molar-refractivity contribution >= 4 is 28.4 Å². The van der Waals surface area contributed by atoms with Gasteiger partial charge >= 0.3 is 0 Å². The zero-order valence-electron chi connectivity index (χ0n) is 22.3. The summed E-state index contributed by atoms with van der Waals surface area (Å²) >= 11 is 6.30. The lowest BCUT2D eigenvalue weighted by molar-refractivity contribution is 0.0792. The van der Waals surface area contributed by atoms with Gasteiger partial charge in [0.25, 0.3) is 11.5 Å². The molecule has 1 aliphatic rings. The van der Waals surface area contributed by atoms with Crippen LogP contribution in [0.15, 0.2) is 90.1 Å². The molecule has 1 amide bonds. The average Bonchev–Trinajstić information content (AvgIpc) is 3.66. The van der Waals surface area contributed by atoms with E-state index < -0.39 is 5.60 Å². The van der Waals surface area contributed by atoms with E-state index in [2.05, 4.69) is 4.98 Å². The summed E-state index contributed by atoms with van der Waals surface area (Å²) in [4.78, 5) is 32.0. The van der Waals surface area contributed by atoms with Crippen molar-refractivity contribution in [2.24, 2.45) is 14.1 Å². The van der Waals surface area contributed by atoms with E-state index in [1.54, 1.807) is 65.1 Å². The normalized spacial score (nSPS) is 14.9. The monoisotopic (exact) mass is 552 g/mol. The second-order valence-corrected chi connectivity index (χ2v) is 10.8. The van der Waals surface area contributed by atoms with Crippen molar-refractivity contribution in [3.8, 4) is 11.1 Å². The van der Waals surface area contributed by atoms with Crippen molar-refractivity contribution < 1.29 is 9.90 Å². The molecule has 5 aromatic rings. The first-order valence-electron chi connectivity index (χ1n) is 13.3. The number of likely N-dealkylation sites (tertiary alicyclic amines) is 1. The maximum absolute atomic E-state index is 13.0. The van der Waals surface area contributed by atoms with Crippen LogP contribution >= 0.6 is 11.6 Å². The van der Waals surface area contributed by atoms with Crippen LogP contribution in [-0.4, -0.2) is 43.1 Å². The molecule has 0 saturated carbocycles. The summed E-state index contributed by atoms with van der Waals surface area (Å²) in [6.45, 7) is 1.54. The maximum Gasteiger partial charge on any atom is 0.253 e. The topological polar surface area (TPSA) is 80.4 Å². The number of amides is 1. The highest BCUT2D eigenvalue weighted by Crippen LogP contribution is 2.39. The van der Waals surface area contributed by atoms with E-state index in [4.69, 9.17) is 11.6 Å². The molecular weight excluding hydrogens is 524 g/mol. The standard InChI is InChI=1S/C32H29ClN4O3/c1-35-20-34-19-29(35)32(40,23-10-8-21(9-11-23)31(39)37-14-3-4-15-37)24-12-13-28-27(17-24)26(18-30(38)36(28)2)22-6-5-7-25(33)16-22/h5-13,16-20,40H,3-4,14-15H2,1-2H3. The summed E-state index contributed by atoms with van der Waals surface area (Å²) in [7, 11) is 3.57. The highest BCUT2D eigenvalue weighted by Gasteiger charge is 2.37. The predicted molar refractivity (Wildman–Crippen MR) is 157 cm³/mol. The number of imidazole rings is 1. The Morgan fingerprint density at radius 2 is 1.68 bits per heavy atom. The van der Waals surface area contributed by atoms with Crippen LogP contribution in [0.4, 0.5) is 0 Å². The van der Waals surface area contributed by atoms with Crippen LogP contribution in [0.5, 0.6) is 0 Å². The minimum atomic E-state index is -1.59. The Bertz CT molecular complexity index is 1800. The lowest BCUT2D eigenvalue weighted by atomic mass is 9.82. The van der Waals surface area contributed by atoms with Gasteiger partial charge in [0.15, 0.2) is 5.60 Å². The lowest BCUT2D eigenvalue weighted by Crippen LogP contribution is -2.32. The van der Waals surface area contributed by atoms with Gasteiger partial charge in [-0.05, 0) is 71.5 Å². The Balaban J connectivity index is 1.54. The van der Waals surface area contributed by atoms with E-state index in [1.807, 2.05) is 48.3 Å². The molecule has 6 rings (SSSR count). The second kappa shape index (κ2) is 10.1. The zero-order chi connectivity index (χ0) is 28.0. The van der Waals surface area contributed by atoms with Gasteiger partial charge in [-0.3, -0.25) is 9.59 Å². The van der Waals surface area contributed by atoms with Crippen molar-refractivity contribution in [2.75, 3.05) is 13.1 Å². The van der Waals surface area contributed by atoms with Gasteiger partial charge in [0, 0.05) is 49.2 Å². The third kappa shape index (κ3) is 4.31. The van der Waals surface area contributed by atoms with Gasteiger partial charge in [-0.15, -0.1) is 0 Å². The SMILES string of the molecule is Cn1cncc1C(O)(c1ccc(C(=O)N2CCCC2)cc1)c1ccc2c(c1)c(-c1cccc(Cl)c1)cc(=O)n2C. The number of hydrogen-bond acceptors (Lipinski definition) is 4. The van der Waals surface area contributed by atoms with Gasteiger partial charge in [0.2, 0.25) is 0 Å². The van der Waals surface area contributed by atoms with Crippen LogP contribution < -0.4 is 5.56 Å². The number of nitrogens with zero attached hydrogens (tertiary/aromatic N) is 4. The first-order chi connectivity index (χ1) is 19.3. The molecule has 1 saturated heterocycles. The van der Waals surface area contributed by atoms with E-state index in [0.29, 0.717) is 27.4 Å². The van der Waals surface area contributed by atoms with Crippen molar-refractivity contribution in [2.45, 2.75) is 18.4 Å². The molecule has 1 unspecified atom stereocenters. The molecule has 202 valence electrons. The number of rotatable bonds is 5. The zero-order valence-corrected chi connectivity index (χ0v) is 23.1. The quantitative estimate of drug-likeness (QED) is 0.328. The molecular formula is C32H29ClN4O3. The molecule has 8 heteroatoms. The maximum atomic E-state index is 13.0. The molecule has 1 N–H and O–H groups in total. The Morgan fingerprint density at radius 3 is 2.35 bits per heavy atom. The van der Waals surface area contributed by atoms with E-state index >= 15 is 0 Å². The van der Waals surface area contributed by atoms with Crippen LogP contribution in [0.3, 0.4) is 0 Å². The fourth-order valence-electron chi connectivity index (χ4n) is 5.71.